The van der Waals surface area contributed by atoms with E-state index < -0.39 is 23.8 Å². The molecule has 1 saturated carbocycles. The first-order valence-electron chi connectivity index (χ1n) is 20.5. The molecule has 12 nitrogen and oxygen atoms in total. The van der Waals surface area contributed by atoms with Crippen LogP contribution in [0.2, 0.25) is 5.02 Å². The maximum atomic E-state index is 13.0. The molecule has 7 aliphatic rings. The zero-order chi connectivity index (χ0) is 40.3. The number of carbonyl (C=O) groups excluding carboxylic acids is 5. The molecule has 2 spiro atoms. The highest BCUT2D eigenvalue weighted by atomic mass is 35.5. The van der Waals surface area contributed by atoms with E-state index in [0.717, 1.165) is 99.9 Å². The Morgan fingerprint density at radius 2 is 1.45 bits per heavy atom. The third kappa shape index (κ3) is 7.02. The minimum absolute atomic E-state index is 0.116. The summed E-state index contributed by atoms with van der Waals surface area (Å²) in [6.45, 7) is 10.8. The molecular weight excluding hydrogens is 754 g/mol. The number of nitrogens with zero attached hydrogens (tertiary/aromatic N) is 6. The standard InChI is InChI=1S/C23H24N4O5.C22H24ClN3/c28-12-26-10-23(11-26)5-13(6-23)7-25-8-14-3-16-17(4-15(14)9-25)22(32)27(21(16)31)18-1-2-19(29)24-20(18)30;1-17-2-5-19(6-3-17)25-11-8-22(9-12-25)10-13-26(16-22)20-7-4-18(15-24)21(23)14-20/h3-4,12-13,18H,1-2,5-11H2,(H,24,29,30);2-7,14H,8-13,16H2,1H3. The Hall–Kier alpha value is -5.25. The Morgan fingerprint density at radius 1 is 0.828 bits per heavy atom. The molecule has 0 bridgehead atoms. The number of likely N-dealkylation sites (tertiary alicyclic amines) is 1. The average Bonchev–Trinajstić information content (AvgIpc) is 3.85. The second kappa shape index (κ2) is 14.8. The van der Waals surface area contributed by atoms with E-state index >= 15 is 0 Å². The molecule has 0 radical (unpaired) electrons. The number of fused-ring (bicyclic) bond motifs is 2. The van der Waals surface area contributed by atoms with Crippen molar-refractivity contribution in [1.82, 2.24) is 20.0 Å². The Kier molecular flexibility index (Phi) is 9.80. The van der Waals surface area contributed by atoms with Crippen LogP contribution in [0.3, 0.4) is 0 Å². The fourth-order valence-electron chi connectivity index (χ4n) is 10.7. The number of hydrogen-bond acceptors (Lipinski definition) is 9. The fourth-order valence-corrected chi connectivity index (χ4v) is 10.9. The normalized spacial score (nSPS) is 23.2. The average molecular weight is 802 g/mol. The van der Waals surface area contributed by atoms with Crippen LogP contribution in [-0.2, 0) is 27.5 Å². The maximum Gasteiger partial charge on any atom is 0.262 e. The van der Waals surface area contributed by atoms with Crippen molar-refractivity contribution in [2.45, 2.75) is 71.0 Å². The van der Waals surface area contributed by atoms with Crippen molar-refractivity contribution < 1.29 is 24.0 Å². The third-order valence-electron chi connectivity index (χ3n) is 13.8. The number of anilines is 2. The Balaban J connectivity index is 0.000000154. The van der Waals surface area contributed by atoms with Crippen LogP contribution in [0.1, 0.15) is 87.9 Å². The summed E-state index contributed by atoms with van der Waals surface area (Å²) in [4.78, 5) is 70.6. The van der Waals surface area contributed by atoms with Crippen LogP contribution in [-0.4, -0.2) is 96.6 Å². The van der Waals surface area contributed by atoms with Crippen LogP contribution in [0.15, 0.2) is 54.6 Å². The molecule has 6 heterocycles. The van der Waals surface area contributed by atoms with Gasteiger partial charge in [0, 0.05) is 82.1 Å². The summed E-state index contributed by atoms with van der Waals surface area (Å²) >= 11 is 6.23. The molecule has 5 amide bonds. The van der Waals surface area contributed by atoms with Crippen molar-refractivity contribution in [3.63, 3.8) is 0 Å². The van der Waals surface area contributed by atoms with Gasteiger partial charge in [-0.1, -0.05) is 29.3 Å². The second-order valence-corrected chi connectivity index (χ2v) is 18.2. The lowest BCUT2D eigenvalue weighted by Gasteiger charge is -2.58. The van der Waals surface area contributed by atoms with E-state index in [9.17, 15) is 24.0 Å². The summed E-state index contributed by atoms with van der Waals surface area (Å²) in [5.41, 5.74) is 7.94. The number of nitrogens with one attached hydrogen (secondary N) is 1. The highest BCUT2D eigenvalue weighted by molar-refractivity contribution is 6.32. The minimum Gasteiger partial charge on any atom is -0.371 e. The predicted octanol–water partition coefficient (Wildman–Crippen LogP) is 5.29. The number of hydrogen-bond donors (Lipinski definition) is 1. The Labute approximate surface area is 343 Å². The van der Waals surface area contributed by atoms with Crippen LogP contribution in [0.5, 0.6) is 0 Å². The highest BCUT2D eigenvalue weighted by Gasteiger charge is 2.52. The molecule has 6 aliphatic heterocycles. The van der Waals surface area contributed by atoms with Gasteiger partial charge in [0.2, 0.25) is 18.2 Å². The highest BCUT2D eigenvalue weighted by Crippen LogP contribution is 2.52. The molecule has 3 aromatic rings. The van der Waals surface area contributed by atoms with Crippen molar-refractivity contribution in [3.05, 3.63) is 93.0 Å². The lowest BCUT2D eigenvalue weighted by Crippen LogP contribution is -2.62. The van der Waals surface area contributed by atoms with Gasteiger partial charge in [-0.25, -0.2) is 0 Å². The largest absolute Gasteiger partial charge is 0.371 e. The number of benzene rings is 3. The van der Waals surface area contributed by atoms with Gasteiger partial charge in [-0.2, -0.15) is 5.26 Å². The summed E-state index contributed by atoms with van der Waals surface area (Å²) in [5, 5.41) is 11.8. The van der Waals surface area contributed by atoms with E-state index in [4.69, 9.17) is 16.9 Å². The van der Waals surface area contributed by atoms with Crippen molar-refractivity contribution in [1.29, 1.82) is 5.26 Å². The topological polar surface area (TPSA) is 137 Å². The van der Waals surface area contributed by atoms with Crippen LogP contribution in [0, 0.1) is 35.0 Å². The lowest BCUT2D eigenvalue weighted by atomic mass is 9.58. The van der Waals surface area contributed by atoms with Gasteiger partial charge in [-0.3, -0.25) is 39.1 Å². The number of piperidine rings is 2. The zero-order valence-electron chi connectivity index (χ0n) is 32.8. The van der Waals surface area contributed by atoms with Crippen LogP contribution in [0.25, 0.3) is 0 Å². The molecule has 4 saturated heterocycles. The molecule has 1 N–H and O–H groups in total. The predicted molar refractivity (Wildman–Crippen MR) is 218 cm³/mol. The molecule has 13 heteroatoms. The van der Waals surface area contributed by atoms with Crippen molar-refractivity contribution in [2.24, 2.45) is 16.7 Å². The smallest absolute Gasteiger partial charge is 0.262 e. The molecule has 3 aromatic carbocycles. The van der Waals surface area contributed by atoms with Crippen LogP contribution >= 0.6 is 11.6 Å². The number of nitriles is 1. The fraction of sp³-hybridized carbons (Fsp3) is 0.467. The first-order valence-corrected chi connectivity index (χ1v) is 20.9. The summed E-state index contributed by atoms with van der Waals surface area (Å²) < 4.78 is 0. The van der Waals surface area contributed by atoms with E-state index in [2.05, 4.69) is 57.3 Å². The van der Waals surface area contributed by atoms with Gasteiger partial charge in [-0.15, -0.1) is 0 Å². The van der Waals surface area contributed by atoms with E-state index in [0.29, 0.717) is 38.5 Å². The first kappa shape index (κ1) is 38.3. The van der Waals surface area contributed by atoms with E-state index in [1.54, 1.807) is 0 Å². The SMILES string of the molecule is Cc1ccc(N2CCC3(CC2)CCN(c2ccc(C#N)c(Cl)c2)C3)cc1.O=CN1CC2(CC(CN3Cc4cc5c(cc4C3)C(=O)N(C3CCC(=O)NC3=O)C5=O)C2)C1. The quantitative estimate of drug-likeness (QED) is 0.261. The Morgan fingerprint density at radius 3 is 2.03 bits per heavy atom. The van der Waals surface area contributed by atoms with Gasteiger partial charge < -0.3 is 14.7 Å². The molecule has 1 aliphatic carbocycles. The van der Waals surface area contributed by atoms with Gasteiger partial charge >= 0.3 is 0 Å². The van der Waals surface area contributed by atoms with Crippen molar-refractivity contribution >= 4 is 53.0 Å². The maximum absolute atomic E-state index is 13.0. The van der Waals surface area contributed by atoms with Gasteiger partial charge in [0.05, 0.1) is 21.7 Å². The number of aryl methyl sites for hydroxylation is 1. The van der Waals surface area contributed by atoms with E-state index in [1.165, 1.54) is 30.5 Å². The molecule has 1 atom stereocenters. The second-order valence-electron chi connectivity index (χ2n) is 17.8. The molecule has 10 rings (SSSR count). The molecule has 300 valence electrons. The van der Waals surface area contributed by atoms with Gasteiger partial charge in [-0.05, 0) is 110 Å². The van der Waals surface area contributed by atoms with Crippen molar-refractivity contribution in [3.8, 4) is 6.07 Å². The monoisotopic (exact) mass is 801 g/mol. The number of halogens is 1. The first-order chi connectivity index (χ1) is 27.9. The number of amides is 5. The van der Waals surface area contributed by atoms with Gasteiger partial charge in [0.1, 0.15) is 12.1 Å². The van der Waals surface area contributed by atoms with Crippen molar-refractivity contribution in [2.75, 3.05) is 55.6 Å². The number of rotatable bonds is 6. The third-order valence-corrected chi connectivity index (χ3v) is 14.1. The Bertz CT molecular complexity index is 2190. The lowest BCUT2D eigenvalue weighted by molar-refractivity contribution is -0.142. The minimum atomic E-state index is -0.931. The summed E-state index contributed by atoms with van der Waals surface area (Å²) in [6.07, 6.45) is 7.23. The summed E-state index contributed by atoms with van der Waals surface area (Å²) in [5.74, 6) is -1.25. The molecule has 1 unspecified atom stereocenters. The van der Waals surface area contributed by atoms with Crippen LogP contribution in [0.4, 0.5) is 11.4 Å². The van der Waals surface area contributed by atoms with E-state index in [-0.39, 0.29) is 18.7 Å². The molecule has 0 aromatic heterocycles. The van der Waals surface area contributed by atoms with Crippen LogP contribution < -0.4 is 15.1 Å². The molecular formula is C45H48ClN7O5. The molecule has 58 heavy (non-hydrogen) atoms. The van der Waals surface area contributed by atoms with Gasteiger partial charge in [0.25, 0.3) is 11.8 Å². The summed E-state index contributed by atoms with van der Waals surface area (Å²) in [6, 6.07) is 19.5. The summed E-state index contributed by atoms with van der Waals surface area (Å²) in [7, 11) is 0. The molecule has 5 fully saturated rings. The number of carbonyl (C=O) groups is 5. The zero-order valence-corrected chi connectivity index (χ0v) is 33.6. The van der Waals surface area contributed by atoms with Gasteiger partial charge in [0.15, 0.2) is 0 Å². The number of imide groups is 2. The van der Waals surface area contributed by atoms with E-state index in [1.807, 2.05) is 35.2 Å².